The molecule has 1 fully saturated rings. The van der Waals surface area contributed by atoms with Gasteiger partial charge in [-0.15, -0.1) is 0 Å². The van der Waals surface area contributed by atoms with Gasteiger partial charge in [0.15, 0.2) is 23.0 Å². The zero-order valence-electron chi connectivity index (χ0n) is 24.5. The number of piperidine rings is 1. The Bertz CT molecular complexity index is 1570. The second kappa shape index (κ2) is 13.3. The van der Waals surface area contributed by atoms with Crippen molar-refractivity contribution < 1.29 is 28.5 Å². The summed E-state index contributed by atoms with van der Waals surface area (Å²) in [5, 5.41) is 3.82. The number of carbonyl (C=O) groups excluding carboxylic acids is 1. The molecule has 3 aromatic carbocycles. The van der Waals surface area contributed by atoms with E-state index in [9.17, 15) is 4.79 Å². The van der Waals surface area contributed by atoms with Gasteiger partial charge < -0.3 is 33.9 Å². The highest BCUT2D eigenvalue weighted by Crippen LogP contribution is 2.36. The van der Waals surface area contributed by atoms with E-state index < -0.39 is 0 Å². The van der Waals surface area contributed by atoms with Gasteiger partial charge in [0.05, 0.1) is 38.0 Å². The number of anilines is 1. The molecular formula is C33H36N4O6. The molecule has 0 radical (unpaired) electrons. The number of nitrogens with one attached hydrogen (secondary N) is 1. The smallest absolute Gasteiger partial charge is 0.231 e. The van der Waals surface area contributed by atoms with E-state index in [1.807, 2.05) is 54.6 Å². The number of carbonyl (C=O) groups is 1. The van der Waals surface area contributed by atoms with Crippen LogP contribution < -0.4 is 24.3 Å². The summed E-state index contributed by atoms with van der Waals surface area (Å²) >= 11 is 0. The first-order valence-corrected chi connectivity index (χ1v) is 14.6. The lowest BCUT2D eigenvalue weighted by Gasteiger charge is -2.31. The molecule has 3 heterocycles. The van der Waals surface area contributed by atoms with Crippen LogP contribution in [0.3, 0.4) is 0 Å². The summed E-state index contributed by atoms with van der Waals surface area (Å²) in [6.45, 7) is 4.71. The highest BCUT2D eigenvalue weighted by molar-refractivity contribution is 5.95. The molecule has 43 heavy (non-hydrogen) atoms. The fourth-order valence-electron chi connectivity index (χ4n) is 5.52. The predicted octanol–water partition coefficient (Wildman–Crippen LogP) is 4.95. The van der Waals surface area contributed by atoms with E-state index in [-0.39, 0.29) is 19.1 Å². The van der Waals surface area contributed by atoms with Crippen molar-refractivity contribution in [2.24, 2.45) is 5.92 Å². The highest BCUT2D eigenvalue weighted by Gasteiger charge is 2.21. The maximum absolute atomic E-state index is 12.7. The van der Waals surface area contributed by atoms with Crippen molar-refractivity contribution in [3.63, 3.8) is 0 Å². The normalized spacial score (nSPS) is 15.0. The molecule has 1 N–H and O–H groups in total. The van der Waals surface area contributed by atoms with Crippen LogP contribution in [0.5, 0.6) is 23.0 Å². The minimum atomic E-state index is -0.118. The number of fused-ring (bicyclic) bond motifs is 2. The molecule has 10 nitrogen and oxygen atoms in total. The number of amides is 1. The van der Waals surface area contributed by atoms with Gasteiger partial charge in [-0.3, -0.25) is 4.79 Å². The van der Waals surface area contributed by atoms with Crippen molar-refractivity contribution in [2.45, 2.75) is 19.3 Å². The first kappa shape index (κ1) is 28.7. The first-order valence-electron chi connectivity index (χ1n) is 14.6. The summed E-state index contributed by atoms with van der Waals surface area (Å²) in [5.41, 5.74) is 4.00. The third-order valence-electron chi connectivity index (χ3n) is 7.96. The van der Waals surface area contributed by atoms with E-state index in [0.29, 0.717) is 41.2 Å². The molecule has 6 rings (SSSR count). The number of ether oxygens (including phenoxy) is 5. The van der Waals surface area contributed by atoms with Crippen LogP contribution in [0, 0.1) is 5.92 Å². The van der Waals surface area contributed by atoms with E-state index >= 15 is 0 Å². The summed E-state index contributed by atoms with van der Waals surface area (Å²) in [5.74, 6) is 3.07. The summed E-state index contributed by atoms with van der Waals surface area (Å²) < 4.78 is 28.0. The van der Waals surface area contributed by atoms with Crippen LogP contribution in [0.4, 0.5) is 5.69 Å². The number of methoxy groups -OCH3 is 2. The van der Waals surface area contributed by atoms with Crippen LogP contribution >= 0.6 is 0 Å². The van der Waals surface area contributed by atoms with Crippen molar-refractivity contribution in [3.8, 4) is 34.3 Å². The van der Waals surface area contributed by atoms with E-state index in [0.717, 1.165) is 66.8 Å². The fraction of sp³-hybridized carbons (Fsp3) is 0.364. The molecule has 1 amide bonds. The maximum Gasteiger partial charge on any atom is 0.231 e. The van der Waals surface area contributed by atoms with Gasteiger partial charge in [0.1, 0.15) is 6.33 Å². The minimum absolute atomic E-state index is 0.118. The van der Waals surface area contributed by atoms with Crippen molar-refractivity contribution in [2.75, 3.05) is 59.2 Å². The maximum atomic E-state index is 12.7. The number of rotatable bonds is 11. The molecule has 1 saturated heterocycles. The molecule has 0 atom stereocenters. The van der Waals surface area contributed by atoms with Gasteiger partial charge in [-0.1, -0.05) is 18.2 Å². The minimum Gasteiger partial charge on any atom is -0.493 e. The Kier molecular flexibility index (Phi) is 8.85. The van der Waals surface area contributed by atoms with Gasteiger partial charge in [-0.05, 0) is 67.7 Å². The Hall–Kier alpha value is -4.41. The Morgan fingerprint density at radius 2 is 1.79 bits per heavy atom. The number of hydrogen-bond donors (Lipinski definition) is 1. The summed E-state index contributed by atoms with van der Waals surface area (Å²) in [4.78, 5) is 24.2. The Morgan fingerprint density at radius 3 is 2.58 bits per heavy atom. The number of benzene rings is 3. The second-order valence-corrected chi connectivity index (χ2v) is 10.8. The Morgan fingerprint density at radius 1 is 0.977 bits per heavy atom. The fourth-order valence-corrected chi connectivity index (χ4v) is 5.52. The molecule has 224 valence electrons. The molecular weight excluding hydrogens is 548 g/mol. The monoisotopic (exact) mass is 584 g/mol. The lowest BCUT2D eigenvalue weighted by Crippen LogP contribution is -2.37. The van der Waals surface area contributed by atoms with Gasteiger partial charge in [-0.25, -0.2) is 9.97 Å². The van der Waals surface area contributed by atoms with Crippen LogP contribution in [-0.4, -0.2) is 74.6 Å². The predicted molar refractivity (Wildman–Crippen MR) is 163 cm³/mol. The van der Waals surface area contributed by atoms with E-state index in [2.05, 4.69) is 20.2 Å². The van der Waals surface area contributed by atoms with Gasteiger partial charge >= 0.3 is 0 Å². The van der Waals surface area contributed by atoms with Crippen molar-refractivity contribution in [1.82, 2.24) is 14.9 Å². The van der Waals surface area contributed by atoms with Gasteiger partial charge in [-0.2, -0.15) is 0 Å². The van der Waals surface area contributed by atoms with Crippen LogP contribution in [-0.2, 0) is 16.0 Å². The standard InChI is InChI=1S/C33H36N4O6/c1-39-14-13-37-11-9-22(10-12-37)19-41-31-18-27-26(17-29(31)40-2)33(35-20-34-27)24-4-6-25(7-5-24)36-32(38)16-23-3-8-28-30(15-23)43-21-42-28/h3-8,15,17-18,20,22H,9-14,16,19,21H2,1-2H3,(H,36,38). The van der Waals surface area contributed by atoms with Crippen LogP contribution in [0.1, 0.15) is 18.4 Å². The SMILES string of the molecule is COCCN1CCC(COc2cc3ncnc(-c4ccc(NC(=O)Cc5ccc6c(c5)OCO6)cc4)c3cc2OC)CC1. The number of nitrogens with zero attached hydrogens (tertiary/aromatic N) is 3. The van der Waals surface area contributed by atoms with Gasteiger partial charge in [0.25, 0.3) is 0 Å². The molecule has 2 aliphatic heterocycles. The van der Waals surface area contributed by atoms with E-state index in [1.54, 1.807) is 20.5 Å². The molecule has 2 aliphatic rings. The zero-order valence-corrected chi connectivity index (χ0v) is 24.5. The quantitative estimate of drug-likeness (QED) is 0.262. The largest absolute Gasteiger partial charge is 0.493 e. The van der Waals surface area contributed by atoms with Crippen LogP contribution in [0.25, 0.3) is 22.2 Å². The van der Waals surface area contributed by atoms with E-state index in [4.69, 9.17) is 23.7 Å². The summed E-state index contributed by atoms with van der Waals surface area (Å²) in [6, 6.07) is 17.0. The van der Waals surface area contributed by atoms with Crippen molar-refractivity contribution in [1.29, 1.82) is 0 Å². The third kappa shape index (κ3) is 6.81. The van der Waals surface area contributed by atoms with Crippen molar-refractivity contribution >= 4 is 22.5 Å². The average molecular weight is 585 g/mol. The van der Waals surface area contributed by atoms with Crippen molar-refractivity contribution in [3.05, 3.63) is 66.5 Å². The lowest BCUT2D eigenvalue weighted by atomic mass is 9.98. The first-order chi connectivity index (χ1) is 21.1. The third-order valence-corrected chi connectivity index (χ3v) is 7.96. The zero-order chi connectivity index (χ0) is 29.6. The number of hydrogen-bond acceptors (Lipinski definition) is 9. The summed E-state index contributed by atoms with van der Waals surface area (Å²) in [6.07, 6.45) is 3.99. The molecule has 1 aromatic heterocycles. The molecule has 0 aliphatic carbocycles. The Labute approximate surface area is 250 Å². The van der Waals surface area contributed by atoms with E-state index in [1.165, 1.54) is 0 Å². The lowest BCUT2D eigenvalue weighted by molar-refractivity contribution is -0.115. The molecule has 4 aromatic rings. The van der Waals surface area contributed by atoms with Gasteiger partial charge in [0, 0.05) is 36.4 Å². The molecule has 0 saturated carbocycles. The average Bonchev–Trinajstić information content (AvgIpc) is 3.51. The summed E-state index contributed by atoms with van der Waals surface area (Å²) in [7, 11) is 3.39. The molecule has 0 unspecified atom stereocenters. The number of aromatic nitrogens is 2. The molecule has 0 bridgehead atoms. The molecule has 0 spiro atoms. The topological polar surface area (TPSA) is 104 Å². The van der Waals surface area contributed by atoms with Gasteiger partial charge in [0.2, 0.25) is 12.7 Å². The molecule has 10 heteroatoms. The van der Waals surface area contributed by atoms with Crippen LogP contribution in [0.2, 0.25) is 0 Å². The van der Waals surface area contributed by atoms with Crippen LogP contribution in [0.15, 0.2) is 60.9 Å². The Balaban J connectivity index is 1.11. The second-order valence-electron chi connectivity index (χ2n) is 10.8. The highest BCUT2D eigenvalue weighted by atomic mass is 16.7. The number of likely N-dealkylation sites (tertiary alicyclic amines) is 1.